The second kappa shape index (κ2) is 10.1. The molecule has 3 aliphatic heterocycles. The summed E-state index contributed by atoms with van der Waals surface area (Å²) in [6.45, 7) is 3.70. The molecule has 1 aromatic rings. The van der Waals surface area contributed by atoms with Crippen molar-refractivity contribution in [2.75, 3.05) is 17.8 Å². The van der Waals surface area contributed by atoms with Crippen molar-refractivity contribution in [1.29, 1.82) is 0 Å². The maximum absolute atomic E-state index is 13.4. The number of hydrazone groups is 1. The molecular weight excluding hydrogens is 440 g/mol. The lowest BCUT2D eigenvalue weighted by molar-refractivity contribution is -0.142. The largest absolute Gasteiger partial charge is 0.343 e. The van der Waals surface area contributed by atoms with E-state index >= 15 is 0 Å². The van der Waals surface area contributed by atoms with Gasteiger partial charge in [-0.05, 0) is 52.3 Å². The van der Waals surface area contributed by atoms with Crippen LogP contribution in [-0.2, 0) is 14.4 Å². The van der Waals surface area contributed by atoms with E-state index < -0.39 is 18.1 Å². The smallest absolute Gasteiger partial charge is 0.246 e. The van der Waals surface area contributed by atoms with Gasteiger partial charge in [0.05, 0.1) is 17.1 Å². The van der Waals surface area contributed by atoms with E-state index in [1.54, 1.807) is 30.6 Å². The molecular formula is C23H32N6O3S. The highest BCUT2D eigenvalue weighted by Crippen LogP contribution is 2.36. The molecule has 2 unspecified atom stereocenters. The Balaban J connectivity index is 1.47. The lowest BCUT2D eigenvalue weighted by Gasteiger charge is -2.31. The van der Waals surface area contributed by atoms with Crippen LogP contribution in [0.5, 0.6) is 0 Å². The van der Waals surface area contributed by atoms with Crippen LogP contribution in [0.25, 0.3) is 0 Å². The average molecular weight is 473 g/mol. The van der Waals surface area contributed by atoms with Crippen LogP contribution in [0.2, 0.25) is 0 Å². The van der Waals surface area contributed by atoms with Gasteiger partial charge in [-0.3, -0.25) is 14.4 Å². The highest BCUT2D eigenvalue weighted by Gasteiger charge is 2.46. The first-order valence-electron chi connectivity index (χ1n) is 11.5. The number of benzene rings is 1. The SMILES string of the molecule is CN[C@@H](C)C(=O)NC1CCC[C@@H]2SC[C@@H](C(=O)NC3CC(C)=NN3c3ccccc3)N2C1=O. The highest BCUT2D eigenvalue weighted by atomic mass is 32.2. The number of thioether (sulfide) groups is 1. The molecule has 178 valence electrons. The van der Waals surface area contributed by atoms with Gasteiger partial charge in [-0.1, -0.05) is 18.2 Å². The number of hydrogen-bond acceptors (Lipinski definition) is 7. The quantitative estimate of drug-likeness (QED) is 0.576. The van der Waals surface area contributed by atoms with E-state index in [1.807, 2.05) is 42.3 Å². The van der Waals surface area contributed by atoms with Crippen molar-refractivity contribution < 1.29 is 14.4 Å². The van der Waals surface area contributed by atoms with Gasteiger partial charge in [0.25, 0.3) is 0 Å². The number of nitrogens with zero attached hydrogens (tertiary/aromatic N) is 3. The lowest BCUT2D eigenvalue weighted by atomic mass is 10.1. The minimum absolute atomic E-state index is 0.0383. The minimum atomic E-state index is -0.606. The van der Waals surface area contributed by atoms with Gasteiger partial charge in [-0.25, -0.2) is 5.01 Å². The number of hydrogen-bond donors (Lipinski definition) is 3. The molecule has 2 fully saturated rings. The molecule has 0 aliphatic carbocycles. The van der Waals surface area contributed by atoms with Crippen LogP contribution in [-0.4, -0.2) is 70.8 Å². The summed E-state index contributed by atoms with van der Waals surface area (Å²) in [5.41, 5.74) is 1.85. The average Bonchev–Trinajstić information content (AvgIpc) is 3.37. The van der Waals surface area contributed by atoms with E-state index in [1.165, 1.54) is 0 Å². The fourth-order valence-corrected chi connectivity index (χ4v) is 5.96. The van der Waals surface area contributed by atoms with Crippen LogP contribution in [0.1, 0.15) is 39.5 Å². The number of fused-ring (bicyclic) bond motifs is 1. The molecule has 5 atom stereocenters. The molecule has 0 radical (unpaired) electrons. The number of carbonyl (C=O) groups excluding carboxylic acids is 3. The fourth-order valence-electron chi connectivity index (χ4n) is 4.50. The van der Waals surface area contributed by atoms with Crippen LogP contribution in [0.3, 0.4) is 0 Å². The van der Waals surface area contributed by atoms with Gasteiger partial charge < -0.3 is 20.9 Å². The van der Waals surface area contributed by atoms with Crippen molar-refractivity contribution in [3.05, 3.63) is 30.3 Å². The molecule has 1 aromatic carbocycles. The third kappa shape index (κ3) is 5.01. The van der Waals surface area contributed by atoms with E-state index in [0.29, 0.717) is 18.6 Å². The summed E-state index contributed by atoms with van der Waals surface area (Å²) in [4.78, 5) is 40.9. The number of para-hydroxylation sites is 1. The molecule has 0 bridgehead atoms. The first-order chi connectivity index (χ1) is 15.9. The van der Waals surface area contributed by atoms with E-state index in [-0.39, 0.29) is 29.3 Å². The van der Waals surface area contributed by atoms with Gasteiger partial charge in [0.1, 0.15) is 18.2 Å². The maximum Gasteiger partial charge on any atom is 0.246 e. The summed E-state index contributed by atoms with van der Waals surface area (Å²) >= 11 is 1.64. The first-order valence-corrected chi connectivity index (χ1v) is 12.5. The van der Waals surface area contributed by atoms with Crippen LogP contribution < -0.4 is 21.0 Å². The Morgan fingerprint density at radius 1 is 1.18 bits per heavy atom. The Labute approximate surface area is 198 Å². The van der Waals surface area contributed by atoms with Crippen molar-refractivity contribution in [3.63, 3.8) is 0 Å². The zero-order valence-corrected chi connectivity index (χ0v) is 20.1. The second-order valence-corrected chi connectivity index (χ2v) is 10.0. The Morgan fingerprint density at radius 3 is 2.67 bits per heavy atom. The Kier molecular flexibility index (Phi) is 7.23. The molecule has 9 nitrogen and oxygen atoms in total. The summed E-state index contributed by atoms with van der Waals surface area (Å²) < 4.78 is 0. The van der Waals surface area contributed by atoms with E-state index in [9.17, 15) is 14.4 Å². The van der Waals surface area contributed by atoms with E-state index in [0.717, 1.165) is 24.2 Å². The topological polar surface area (TPSA) is 106 Å². The van der Waals surface area contributed by atoms with Crippen molar-refractivity contribution in [2.45, 2.75) is 69.2 Å². The minimum Gasteiger partial charge on any atom is -0.343 e. The summed E-state index contributed by atoms with van der Waals surface area (Å²) in [5, 5.41) is 15.3. The molecule has 3 aliphatic rings. The molecule has 0 aromatic heterocycles. The normalized spacial score (nSPS) is 28.1. The predicted molar refractivity (Wildman–Crippen MR) is 130 cm³/mol. The Hall–Kier alpha value is -2.59. The third-order valence-corrected chi connectivity index (χ3v) is 7.78. The summed E-state index contributed by atoms with van der Waals surface area (Å²) in [6.07, 6.45) is 2.55. The Morgan fingerprint density at radius 2 is 1.94 bits per heavy atom. The molecule has 3 N–H and O–H groups in total. The first kappa shape index (κ1) is 23.6. The molecule has 3 heterocycles. The fraction of sp³-hybridized carbons (Fsp3) is 0.565. The highest BCUT2D eigenvalue weighted by molar-refractivity contribution is 8.00. The molecule has 4 rings (SSSR count). The summed E-state index contributed by atoms with van der Waals surface area (Å²) in [6, 6.07) is 8.18. The predicted octanol–water partition coefficient (Wildman–Crippen LogP) is 1.26. The number of likely N-dealkylation sites (N-methyl/N-ethyl adjacent to an activating group) is 1. The number of amides is 3. The summed E-state index contributed by atoms with van der Waals surface area (Å²) in [7, 11) is 1.71. The number of carbonyl (C=O) groups is 3. The molecule has 0 spiro atoms. The van der Waals surface area contributed by atoms with Gasteiger partial charge in [-0.2, -0.15) is 5.10 Å². The van der Waals surface area contributed by atoms with E-state index in [4.69, 9.17) is 0 Å². The van der Waals surface area contributed by atoms with Crippen molar-refractivity contribution in [1.82, 2.24) is 20.9 Å². The molecule has 3 amide bonds. The van der Waals surface area contributed by atoms with Gasteiger partial charge in [0, 0.05) is 17.9 Å². The standard InChI is InChI=1S/C23H32N6O3S/c1-14-12-19(29(27-14)16-8-5-4-6-9-16)26-22(31)18-13-33-20-11-7-10-17(23(32)28(18)20)25-21(30)15(2)24-3/h4-6,8-9,15,17-20,24H,7,10-13H2,1-3H3,(H,25,30)(H,26,31)/t15-,17?,18-,19?,20-/m0/s1. The van der Waals surface area contributed by atoms with Gasteiger partial charge in [0.15, 0.2) is 0 Å². The van der Waals surface area contributed by atoms with Crippen LogP contribution in [0.4, 0.5) is 5.69 Å². The van der Waals surface area contributed by atoms with Gasteiger partial charge >= 0.3 is 0 Å². The van der Waals surface area contributed by atoms with Gasteiger partial charge in [-0.15, -0.1) is 11.8 Å². The van der Waals surface area contributed by atoms with Crippen molar-refractivity contribution >= 4 is 40.9 Å². The molecule has 2 saturated heterocycles. The molecule has 33 heavy (non-hydrogen) atoms. The molecule has 0 saturated carbocycles. The number of rotatable bonds is 6. The number of anilines is 1. The van der Waals surface area contributed by atoms with Crippen LogP contribution >= 0.6 is 11.8 Å². The monoisotopic (exact) mass is 472 g/mol. The Bertz CT molecular complexity index is 926. The second-order valence-electron chi connectivity index (χ2n) is 8.80. The maximum atomic E-state index is 13.4. The van der Waals surface area contributed by atoms with E-state index in [2.05, 4.69) is 21.1 Å². The third-order valence-electron chi connectivity index (χ3n) is 6.43. The van der Waals surface area contributed by atoms with Crippen molar-refractivity contribution in [3.8, 4) is 0 Å². The van der Waals surface area contributed by atoms with Crippen LogP contribution in [0, 0.1) is 0 Å². The van der Waals surface area contributed by atoms with Crippen molar-refractivity contribution in [2.24, 2.45) is 5.10 Å². The zero-order valence-electron chi connectivity index (χ0n) is 19.3. The number of nitrogens with one attached hydrogen (secondary N) is 3. The molecule has 10 heteroatoms. The van der Waals surface area contributed by atoms with Gasteiger partial charge in [0.2, 0.25) is 17.7 Å². The van der Waals surface area contributed by atoms with Crippen LogP contribution in [0.15, 0.2) is 35.4 Å². The lowest BCUT2D eigenvalue weighted by Crippen LogP contribution is -2.58. The zero-order chi connectivity index (χ0) is 23.5. The summed E-state index contributed by atoms with van der Waals surface area (Å²) in [5.74, 6) is -0.00433.